The molecular weight excluding hydrogens is 935 g/mol. The number of aliphatic imine (C=N–C) groups is 1. The second-order valence-corrected chi connectivity index (χ2v) is 19.4. The fraction of sp³-hybridized carbons (Fsp3) is 0.279. The van der Waals surface area contributed by atoms with Gasteiger partial charge in [-0.3, -0.25) is 15.1 Å². The van der Waals surface area contributed by atoms with Crippen LogP contribution in [-0.2, 0) is 35.5 Å². The minimum atomic E-state index is -0.541. The number of hydrogen-bond acceptors (Lipinski definition) is 9. The van der Waals surface area contributed by atoms with Gasteiger partial charge >= 0.3 is 6.09 Å². The van der Waals surface area contributed by atoms with Gasteiger partial charge in [-0.2, -0.15) is 0 Å². The van der Waals surface area contributed by atoms with Crippen molar-refractivity contribution in [1.82, 2.24) is 29.5 Å². The minimum absolute atomic E-state index is 0.102. The van der Waals surface area contributed by atoms with Crippen LogP contribution in [0.3, 0.4) is 0 Å². The lowest BCUT2D eigenvalue weighted by Crippen LogP contribution is -2.18. The van der Waals surface area contributed by atoms with Crippen LogP contribution in [0.2, 0.25) is 0 Å². The standard InChI is InChI=1S/C61H65N11O3/c1-9-39-34(5)54-52(43-23-16-18-25-45(43)66-51(73)27-20-28-72-33-65-58-59(62)63-32-64-60(58)72)55-35(6)40(10-2)48(68-55)30-50-42(12-4)37(8)57(70-50)53(56-36(7)41(11-3)49(69-56)29-47(39)67-54)44-24-17-19-26-46(44)71-61(74)75-31-38-21-14-13-15-22-38/h13-19,21-26,29-30,32-33,59,69-70H,9-12,20,27-28,31,62H2,1-8H3,(H,63,64)(H,66,73)(H,71,74). The molecule has 0 spiro atoms. The lowest BCUT2D eigenvalue weighted by atomic mass is 9.92. The Morgan fingerprint density at radius 3 is 1.81 bits per heavy atom. The van der Waals surface area contributed by atoms with E-state index in [4.69, 9.17) is 20.4 Å². The number of nitrogens with one attached hydrogen (secondary N) is 5. The van der Waals surface area contributed by atoms with Crippen LogP contribution in [0.1, 0.15) is 130 Å². The van der Waals surface area contributed by atoms with E-state index in [1.54, 1.807) is 12.7 Å². The summed E-state index contributed by atoms with van der Waals surface area (Å²) in [6.45, 7) is 18.1. The maximum absolute atomic E-state index is 14.0. The van der Waals surface area contributed by atoms with Crippen molar-refractivity contribution < 1.29 is 14.3 Å². The number of para-hydroxylation sites is 2. The highest BCUT2D eigenvalue weighted by Gasteiger charge is 2.29. The summed E-state index contributed by atoms with van der Waals surface area (Å²) in [6, 6.07) is 30.0. The van der Waals surface area contributed by atoms with Gasteiger partial charge in [0.2, 0.25) is 5.91 Å². The Balaban J connectivity index is 1.17. The van der Waals surface area contributed by atoms with Crippen LogP contribution >= 0.6 is 0 Å². The van der Waals surface area contributed by atoms with Crippen LogP contribution in [0.15, 0.2) is 102 Å². The summed E-state index contributed by atoms with van der Waals surface area (Å²) in [7, 11) is 0. The summed E-state index contributed by atoms with van der Waals surface area (Å²) in [5, 5.41) is 9.57. The van der Waals surface area contributed by atoms with Gasteiger partial charge in [-0.15, -0.1) is 0 Å². The molecule has 3 aliphatic rings. The summed E-state index contributed by atoms with van der Waals surface area (Å²) in [5.41, 5.74) is 28.6. The Labute approximate surface area is 437 Å². The van der Waals surface area contributed by atoms with E-state index < -0.39 is 12.3 Å². The molecule has 3 aromatic carbocycles. The molecular formula is C61H65N11O3. The molecule has 2 amide bonds. The minimum Gasteiger partial charge on any atom is -0.444 e. The lowest BCUT2D eigenvalue weighted by molar-refractivity contribution is -0.116. The van der Waals surface area contributed by atoms with Crippen molar-refractivity contribution in [2.45, 2.75) is 113 Å². The molecule has 0 aliphatic carbocycles. The molecule has 7 heterocycles. The summed E-state index contributed by atoms with van der Waals surface area (Å²) in [4.78, 5) is 55.4. The lowest BCUT2D eigenvalue weighted by Gasteiger charge is -2.16. The van der Waals surface area contributed by atoms with Crippen molar-refractivity contribution >= 4 is 79.9 Å². The maximum Gasteiger partial charge on any atom is 0.411 e. The summed E-state index contributed by atoms with van der Waals surface area (Å²) in [6.07, 6.45) is 6.15. The number of imidazole rings is 1. The van der Waals surface area contributed by atoms with E-state index in [9.17, 15) is 9.59 Å². The fourth-order valence-electron chi connectivity index (χ4n) is 11.1. The van der Waals surface area contributed by atoms with Gasteiger partial charge in [0.15, 0.2) is 0 Å². The van der Waals surface area contributed by atoms with Crippen molar-refractivity contribution in [3.8, 4) is 22.3 Å². The number of carbonyl (C=O) groups is 2. The summed E-state index contributed by atoms with van der Waals surface area (Å²) < 4.78 is 7.75. The summed E-state index contributed by atoms with van der Waals surface area (Å²) >= 11 is 0. The first-order valence-electron chi connectivity index (χ1n) is 26.2. The zero-order chi connectivity index (χ0) is 52.5. The Morgan fingerprint density at radius 2 is 1.24 bits per heavy atom. The van der Waals surface area contributed by atoms with Crippen LogP contribution in [0.4, 0.5) is 22.0 Å². The third kappa shape index (κ3) is 9.46. The topological polar surface area (TPSA) is 193 Å². The van der Waals surface area contributed by atoms with Crippen molar-refractivity contribution in [2.75, 3.05) is 16.0 Å². The molecule has 8 bridgehead atoms. The van der Waals surface area contributed by atoms with Gasteiger partial charge < -0.3 is 35.6 Å². The first-order chi connectivity index (χ1) is 36.4. The fourth-order valence-corrected chi connectivity index (χ4v) is 11.1. The molecule has 14 heteroatoms. The zero-order valence-electron chi connectivity index (χ0n) is 44.1. The number of anilines is 3. The molecule has 10 rings (SSSR count). The van der Waals surface area contributed by atoms with Gasteiger partial charge in [-0.25, -0.2) is 19.7 Å². The van der Waals surface area contributed by atoms with E-state index in [1.807, 2.05) is 71.3 Å². The van der Waals surface area contributed by atoms with Crippen LogP contribution in [0.5, 0.6) is 0 Å². The molecule has 0 fully saturated rings. The van der Waals surface area contributed by atoms with Crippen molar-refractivity contribution in [1.29, 1.82) is 0 Å². The van der Waals surface area contributed by atoms with Crippen LogP contribution in [0.25, 0.3) is 66.6 Å². The molecule has 0 radical (unpaired) electrons. The number of nitrogens with two attached hydrogens (primary N) is 1. The molecule has 382 valence electrons. The second-order valence-electron chi connectivity index (χ2n) is 19.4. The Kier molecular flexibility index (Phi) is 14.2. The van der Waals surface area contributed by atoms with Gasteiger partial charge in [0.1, 0.15) is 24.3 Å². The molecule has 1 unspecified atom stereocenters. The van der Waals surface area contributed by atoms with Crippen LogP contribution in [0, 0.1) is 13.8 Å². The average Bonchev–Trinajstić information content (AvgIpc) is 4.22. The number of aryl methyl sites for hydroxylation is 5. The second kappa shape index (κ2) is 21.2. The van der Waals surface area contributed by atoms with Crippen molar-refractivity contribution in [3.05, 3.63) is 154 Å². The Bertz CT molecular complexity index is 3540. The first kappa shape index (κ1) is 50.2. The maximum atomic E-state index is 14.0. The monoisotopic (exact) mass is 1000 g/mol. The highest BCUT2D eigenvalue weighted by molar-refractivity contribution is 6.07. The van der Waals surface area contributed by atoms with Gasteiger partial charge in [0.05, 0.1) is 52.2 Å². The highest BCUT2D eigenvalue weighted by Crippen LogP contribution is 2.46. The number of rotatable bonds is 14. The van der Waals surface area contributed by atoms with E-state index >= 15 is 0 Å². The highest BCUT2D eigenvalue weighted by atomic mass is 16.5. The number of nitrogens with zero attached hydrogens (tertiary/aromatic N) is 5. The smallest absolute Gasteiger partial charge is 0.411 e. The molecule has 14 nitrogen and oxygen atoms in total. The number of ether oxygens (including phenoxy) is 1. The predicted octanol–water partition coefficient (Wildman–Crippen LogP) is 13.8. The average molecular weight is 1000 g/mol. The number of fused-ring (bicyclic) bond motifs is 9. The van der Waals surface area contributed by atoms with Crippen LogP contribution in [-0.4, -0.2) is 47.8 Å². The number of aromatic nitrogens is 6. The zero-order valence-corrected chi connectivity index (χ0v) is 44.1. The summed E-state index contributed by atoms with van der Waals surface area (Å²) in [5.74, 6) is 0.698. The number of allylic oxidation sites excluding steroid dienone is 4. The molecule has 75 heavy (non-hydrogen) atoms. The van der Waals surface area contributed by atoms with E-state index in [2.05, 4.69) is 116 Å². The van der Waals surface area contributed by atoms with E-state index in [-0.39, 0.29) is 18.9 Å². The number of aromatic amines is 2. The number of amides is 2. The molecule has 7 N–H and O–H groups in total. The van der Waals surface area contributed by atoms with E-state index in [1.165, 1.54) is 11.1 Å². The van der Waals surface area contributed by atoms with Gasteiger partial charge in [-0.05, 0) is 134 Å². The number of hydrogen-bond donors (Lipinski definition) is 6. The molecule has 0 saturated heterocycles. The Hall–Kier alpha value is -8.36. The largest absolute Gasteiger partial charge is 0.444 e. The SMILES string of the molecule is CCC1=C(C)c2nc1cc1[nH]c(c(C)c1CC)c(-c1ccccc1NC(=O)OCc1ccccc1)c1[nH]c(cc3nc(c2-c2ccccc2NC(=O)CCCn2cnc4c2NC=NC4N)C(C)=C3CC)c(CC)c1C. The molecule has 0 saturated carbocycles. The molecule has 4 aromatic heterocycles. The quantitative estimate of drug-likeness (QED) is 0.0619. The third-order valence-corrected chi connectivity index (χ3v) is 15.0. The first-order valence-corrected chi connectivity index (χ1v) is 26.2. The third-order valence-electron chi connectivity index (χ3n) is 15.0. The predicted molar refractivity (Wildman–Crippen MR) is 305 cm³/mol. The number of H-pyrrole nitrogens is 2. The number of carbonyl (C=O) groups excluding carboxylic acids is 2. The van der Waals surface area contributed by atoms with Crippen molar-refractivity contribution in [2.24, 2.45) is 10.7 Å². The van der Waals surface area contributed by atoms with E-state index in [0.717, 1.165) is 138 Å². The van der Waals surface area contributed by atoms with Gasteiger partial charge in [0, 0.05) is 51.9 Å². The molecule has 1 atom stereocenters. The van der Waals surface area contributed by atoms with E-state index in [0.29, 0.717) is 30.0 Å². The van der Waals surface area contributed by atoms with Gasteiger partial charge in [0.25, 0.3) is 0 Å². The number of benzene rings is 3. The molecule has 3 aliphatic heterocycles. The Morgan fingerprint density at radius 1 is 0.693 bits per heavy atom. The molecule has 7 aromatic rings. The van der Waals surface area contributed by atoms with Gasteiger partial charge in [-0.1, -0.05) is 94.4 Å². The van der Waals surface area contributed by atoms with Crippen LogP contribution < -0.4 is 21.7 Å². The van der Waals surface area contributed by atoms with Crippen molar-refractivity contribution in [3.63, 3.8) is 0 Å². The normalized spacial score (nSPS) is 14.0.